The third-order valence-electron chi connectivity index (χ3n) is 3.96. The Bertz CT molecular complexity index is 397. The Labute approximate surface area is 123 Å². The first-order chi connectivity index (χ1) is 9.65. The summed E-state index contributed by atoms with van der Waals surface area (Å²) in [4.78, 5) is 2.22. The maximum absolute atomic E-state index is 3.70. The van der Waals surface area contributed by atoms with Gasteiger partial charge in [0.05, 0.1) is 0 Å². The quantitative estimate of drug-likeness (QED) is 0.835. The van der Waals surface area contributed by atoms with Gasteiger partial charge in [-0.3, -0.25) is 0 Å². The molecule has 1 aromatic carbocycles. The third-order valence-corrected chi connectivity index (χ3v) is 3.96. The van der Waals surface area contributed by atoms with E-state index < -0.39 is 0 Å². The molecule has 3 heteroatoms. The van der Waals surface area contributed by atoms with Gasteiger partial charge in [-0.05, 0) is 58.5 Å². The summed E-state index contributed by atoms with van der Waals surface area (Å²) in [5.41, 5.74) is 2.66. The van der Waals surface area contributed by atoms with Crippen LogP contribution in [-0.4, -0.2) is 37.6 Å². The van der Waals surface area contributed by atoms with Gasteiger partial charge in [0.25, 0.3) is 0 Å². The highest BCUT2D eigenvalue weighted by atomic mass is 15.1. The molecule has 20 heavy (non-hydrogen) atoms. The molecule has 1 saturated heterocycles. The molecule has 1 aromatic rings. The molecular weight excluding hydrogens is 246 g/mol. The highest BCUT2D eigenvalue weighted by Gasteiger charge is 2.16. The molecule has 0 amide bonds. The SMILES string of the molecule is CC(CC1CCCCN1)Nc1ccccc1CN(C)C. The second-order valence-electron chi connectivity index (χ2n) is 6.32. The van der Waals surface area contributed by atoms with E-state index in [1.54, 1.807) is 0 Å². The van der Waals surface area contributed by atoms with E-state index in [0.29, 0.717) is 12.1 Å². The van der Waals surface area contributed by atoms with Gasteiger partial charge in [0.2, 0.25) is 0 Å². The van der Waals surface area contributed by atoms with Crippen molar-refractivity contribution in [2.45, 2.75) is 51.2 Å². The molecule has 2 atom stereocenters. The number of benzene rings is 1. The minimum absolute atomic E-state index is 0.508. The number of nitrogens with one attached hydrogen (secondary N) is 2. The summed E-state index contributed by atoms with van der Waals surface area (Å²) in [6, 6.07) is 9.85. The Kier molecular flexibility index (Phi) is 5.86. The minimum atomic E-state index is 0.508. The van der Waals surface area contributed by atoms with E-state index in [1.807, 2.05) is 0 Å². The number of para-hydroxylation sites is 1. The van der Waals surface area contributed by atoms with Crippen LogP contribution in [0.25, 0.3) is 0 Å². The average molecular weight is 275 g/mol. The van der Waals surface area contributed by atoms with Crippen molar-refractivity contribution in [2.24, 2.45) is 0 Å². The van der Waals surface area contributed by atoms with Crippen LogP contribution in [0.3, 0.4) is 0 Å². The van der Waals surface area contributed by atoms with Crippen molar-refractivity contribution in [3.8, 4) is 0 Å². The molecular formula is C17H29N3. The Morgan fingerprint density at radius 2 is 2.10 bits per heavy atom. The van der Waals surface area contributed by atoms with E-state index >= 15 is 0 Å². The fourth-order valence-electron chi connectivity index (χ4n) is 3.02. The molecule has 0 aliphatic carbocycles. The third kappa shape index (κ3) is 4.80. The maximum atomic E-state index is 3.70. The lowest BCUT2D eigenvalue weighted by atomic mass is 9.98. The molecule has 0 aromatic heterocycles. The minimum Gasteiger partial charge on any atom is -0.382 e. The summed E-state index contributed by atoms with van der Waals surface area (Å²) < 4.78 is 0. The van der Waals surface area contributed by atoms with Crippen LogP contribution in [-0.2, 0) is 6.54 Å². The first-order valence-electron chi connectivity index (χ1n) is 7.87. The Morgan fingerprint density at radius 3 is 2.80 bits per heavy atom. The van der Waals surface area contributed by atoms with E-state index in [0.717, 1.165) is 6.54 Å². The van der Waals surface area contributed by atoms with Gasteiger partial charge in [0, 0.05) is 24.3 Å². The zero-order valence-electron chi connectivity index (χ0n) is 13.2. The summed E-state index contributed by atoms with van der Waals surface area (Å²) in [7, 11) is 4.23. The first-order valence-corrected chi connectivity index (χ1v) is 7.87. The molecule has 0 saturated carbocycles. The fraction of sp³-hybridized carbons (Fsp3) is 0.647. The van der Waals surface area contributed by atoms with Gasteiger partial charge in [-0.1, -0.05) is 24.6 Å². The van der Waals surface area contributed by atoms with Gasteiger partial charge in [0.15, 0.2) is 0 Å². The smallest absolute Gasteiger partial charge is 0.0387 e. The van der Waals surface area contributed by atoms with Crippen LogP contribution in [0.2, 0.25) is 0 Å². The van der Waals surface area contributed by atoms with Crippen molar-refractivity contribution in [2.75, 3.05) is 26.0 Å². The van der Waals surface area contributed by atoms with Crippen molar-refractivity contribution in [1.82, 2.24) is 10.2 Å². The molecule has 0 spiro atoms. The highest BCUT2D eigenvalue weighted by molar-refractivity contribution is 5.51. The number of rotatable bonds is 6. The predicted molar refractivity (Wildman–Crippen MR) is 87.2 cm³/mol. The van der Waals surface area contributed by atoms with Crippen molar-refractivity contribution >= 4 is 5.69 Å². The number of hydrogen-bond donors (Lipinski definition) is 2. The van der Waals surface area contributed by atoms with Gasteiger partial charge >= 0.3 is 0 Å². The molecule has 2 unspecified atom stereocenters. The van der Waals surface area contributed by atoms with Crippen LogP contribution < -0.4 is 10.6 Å². The molecule has 3 nitrogen and oxygen atoms in total. The summed E-state index contributed by atoms with van der Waals surface area (Å²) in [5.74, 6) is 0. The molecule has 1 fully saturated rings. The van der Waals surface area contributed by atoms with Crippen LogP contribution in [0.15, 0.2) is 24.3 Å². The van der Waals surface area contributed by atoms with E-state index in [-0.39, 0.29) is 0 Å². The molecule has 112 valence electrons. The van der Waals surface area contributed by atoms with Crippen LogP contribution in [0.4, 0.5) is 5.69 Å². The normalized spacial score (nSPS) is 20.9. The largest absolute Gasteiger partial charge is 0.382 e. The zero-order valence-corrected chi connectivity index (χ0v) is 13.2. The topological polar surface area (TPSA) is 27.3 Å². The summed E-state index contributed by atoms with van der Waals surface area (Å²) >= 11 is 0. The van der Waals surface area contributed by atoms with Crippen molar-refractivity contribution < 1.29 is 0 Å². The standard InChI is InChI=1S/C17H29N3/c1-14(12-16-9-6-7-11-18-16)19-17-10-5-4-8-15(17)13-20(2)3/h4-5,8,10,14,16,18-19H,6-7,9,11-13H2,1-3H3. The number of piperidine rings is 1. The molecule has 0 radical (unpaired) electrons. The van der Waals surface area contributed by atoms with Gasteiger partial charge in [-0.2, -0.15) is 0 Å². The number of anilines is 1. The second kappa shape index (κ2) is 7.65. The van der Waals surface area contributed by atoms with Crippen LogP contribution in [0.1, 0.15) is 38.2 Å². The van der Waals surface area contributed by atoms with E-state index in [2.05, 4.69) is 60.8 Å². The average Bonchev–Trinajstić information content (AvgIpc) is 2.41. The van der Waals surface area contributed by atoms with E-state index in [1.165, 1.54) is 43.5 Å². The lowest BCUT2D eigenvalue weighted by Crippen LogP contribution is -2.37. The van der Waals surface area contributed by atoms with Crippen LogP contribution >= 0.6 is 0 Å². The van der Waals surface area contributed by atoms with Crippen molar-refractivity contribution in [3.63, 3.8) is 0 Å². The Hall–Kier alpha value is -1.06. The van der Waals surface area contributed by atoms with E-state index in [9.17, 15) is 0 Å². The highest BCUT2D eigenvalue weighted by Crippen LogP contribution is 2.20. The van der Waals surface area contributed by atoms with Gasteiger partial charge in [-0.15, -0.1) is 0 Å². The fourth-order valence-corrected chi connectivity index (χ4v) is 3.02. The van der Waals surface area contributed by atoms with Crippen LogP contribution in [0, 0.1) is 0 Å². The Balaban J connectivity index is 1.91. The number of nitrogens with zero attached hydrogens (tertiary/aromatic N) is 1. The lowest BCUT2D eigenvalue weighted by Gasteiger charge is -2.27. The second-order valence-corrected chi connectivity index (χ2v) is 6.32. The molecule has 1 aliphatic heterocycles. The van der Waals surface area contributed by atoms with Crippen LogP contribution in [0.5, 0.6) is 0 Å². The first kappa shape index (κ1) is 15.3. The number of hydrogen-bond acceptors (Lipinski definition) is 3. The van der Waals surface area contributed by atoms with Crippen molar-refractivity contribution in [1.29, 1.82) is 0 Å². The van der Waals surface area contributed by atoms with Gasteiger partial charge < -0.3 is 15.5 Å². The molecule has 0 bridgehead atoms. The molecule has 2 N–H and O–H groups in total. The van der Waals surface area contributed by atoms with Gasteiger partial charge in [-0.25, -0.2) is 0 Å². The van der Waals surface area contributed by atoms with E-state index in [4.69, 9.17) is 0 Å². The Morgan fingerprint density at radius 1 is 1.30 bits per heavy atom. The maximum Gasteiger partial charge on any atom is 0.0387 e. The van der Waals surface area contributed by atoms with Gasteiger partial charge in [0.1, 0.15) is 0 Å². The predicted octanol–water partition coefficient (Wildman–Crippen LogP) is 3.08. The molecule has 1 heterocycles. The summed E-state index contributed by atoms with van der Waals surface area (Å²) in [6.45, 7) is 4.47. The molecule has 2 rings (SSSR count). The summed E-state index contributed by atoms with van der Waals surface area (Å²) in [6.07, 6.45) is 5.24. The zero-order chi connectivity index (χ0) is 14.4. The lowest BCUT2D eigenvalue weighted by molar-refractivity contribution is 0.371. The monoisotopic (exact) mass is 275 g/mol. The van der Waals surface area contributed by atoms with Crippen molar-refractivity contribution in [3.05, 3.63) is 29.8 Å². The molecule has 1 aliphatic rings. The summed E-state index contributed by atoms with van der Waals surface area (Å²) in [5, 5.41) is 7.33.